The smallest absolute Gasteiger partial charge is 0 e. The Hall–Kier alpha value is 3.90. The van der Waals surface area contributed by atoms with Crippen molar-refractivity contribution in [2.75, 3.05) is 0 Å². The number of rotatable bonds is 0. The van der Waals surface area contributed by atoms with E-state index in [2.05, 4.69) is 0 Å². The van der Waals surface area contributed by atoms with E-state index in [1.807, 2.05) is 0 Å². The normalized spacial score (nSPS) is 18.0. The fraction of sp³-hybridized carbons (Fsp3) is 0. The van der Waals surface area contributed by atoms with E-state index < -0.39 is 8.63 Å². The molecular weight excluding hydrogens is 408 g/mol. The van der Waals surface area contributed by atoms with Crippen LogP contribution in [0.15, 0.2) is 0 Å². The van der Waals surface area contributed by atoms with Gasteiger partial charge in [0.15, 0.2) is 0 Å². The predicted octanol–water partition coefficient (Wildman–Crippen LogP) is -1.24. The van der Waals surface area contributed by atoms with Crippen molar-refractivity contribution in [1.82, 2.24) is 0 Å². The van der Waals surface area contributed by atoms with Crippen LogP contribution in [0.4, 0.5) is 24.6 Å². The zero-order valence-electron chi connectivity index (χ0n) is 4.77. The summed E-state index contributed by atoms with van der Waals surface area (Å²) in [4.78, 5) is 0. The number of hydrogen-bond acceptors (Lipinski definition) is 0. The van der Waals surface area contributed by atoms with E-state index in [1.54, 1.807) is 0 Å². The van der Waals surface area contributed by atoms with E-state index in [4.69, 9.17) is 0 Å². The summed E-state index contributed by atoms with van der Waals surface area (Å²) >= 11 is 0. The van der Waals surface area contributed by atoms with Gasteiger partial charge in [-0.2, -0.15) is 0 Å². The van der Waals surface area contributed by atoms with E-state index in [1.165, 1.54) is 0 Å². The van der Waals surface area contributed by atoms with Crippen LogP contribution in [0.2, 0.25) is 0 Å². The van der Waals surface area contributed by atoms with Crippen molar-refractivity contribution in [2.24, 2.45) is 0 Å². The summed E-state index contributed by atoms with van der Waals surface area (Å²) in [5.41, 5.74) is 0. The Balaban J connectivity index is -0.000000180. The van der Waals surface area contributed by atoms with Crippen molar-refractivity contribution in [3.05, 3.63) is 0 Å². The van der Waals surface area contributed by atoms with E-state index in [0.717, 1.165) is 0 Å². The summed E-state index contributed by atoms with van der Waals surface area (Å²) < 4.78 is 59.3. The van der Waals surface area contributed by atoms with Crippen LogP contribution < -0.4 is 68.9 Å². The monoisotopic (exact) mass is 408 g/mol. The minimum absolute atomic E-state index is 0. The van der Waals surface area contributed by atoms with Crippen LogP contribution in [0.25, 0.3) is 0 Å². The molecule has 0 saturated heterocycles. The molecule has 0 bridgehead atoms. The van der Waals surface area contributed by atoms with Gasteiger partial charge in [-0.15, -0.1) is 0 Å². The van der Waals surface area contributed by atoms with Crippen molar-refractivity contribution in [2.45, 2.75) is 0 Å². The number of hydrogen-bond donors (Lipinski definition) is 0. The van der Waals surface area contributed by atoms with Gasteiger partial charge in [0.05, 0.1) is 0 Å². The molecule has 0 heterocycles. The summed E-state index contributed by atoms with van der Waals surface area (Å²) in [5.74, 6) is 0. The largest absolute Gasteiger partial charge is 1.00 e. The standard InChI is InChI=1S/2Cs.F6Si/c;;1-7(2,3,4,5)6/q;+1;-2. The fourth-order valence-corrected chi connectivity index (χ4v) is 0. The van der Waals surface area contributed by atoms with Crippen molar-refractivity contribution < 1.29 is 93.5 Å². The second kappa shape index (κ2) is 3.96. The van der Waals surface area contributed by atoms with Gasteiger partial charge in [-0.05, 0) is 0 Å². The molecule has 0 rings (SSSR count). The zero-order valence-corrected chi connectivity index (χ0v) is 18.3. The van der Waals surface area contributed by atoms with Crippen LogP contribution in [0.5, 0.6) is 0 Å². The van der Waals surface area contributed by atoms with E-state index in [0.29, 0.717) is 0 Å². The Morgan fingerprint density at radius 3 is 0.667 bits per heavy atom. The average Bonchev–Trinajstić information content (AvgIpc) is 0.592. The molecule has 0 aliphatic carbocycles. The minimum atomic E-state index is -10.8. The van der Waals surface area contributed by atoms with Gasteiger partial charge in [0.2, 0.25) is 0 Å². The zero-order chi connectivity index (χ0) is 6.41. The van der Waals surface area contributed by atoms with Gasteiger partial charge in [-0.1, -0.05) is 0 Å². The van der Waals surface area contributed by atoms with Crippen LogP contribution >= 0.6 is 0 Å². The first-order valence-corrected chi connectivity index (χ1v) is 3.40. The van der Waals surface area contributed by atoms with E-state index >= 15 is 0 Å². The molecular formula is Cs2F6Si-. The van der Waals surface area contributed by atoms with Crippen molar-refractivity contribution >= 4 is 77.5 Å². The molecule has 0 fully saturated rings. The third kappa shape index (κ3) is 76.7. The van der Waals surface area contributed by atoms with Crippen LogP contribution in [0, 0.1) is 0 Å². The second-order valence-corrected chi connectivity index (χ2v) is 3.21. The molecule has 0 N–H and O–H groups in total. The molecule has 0 aromatic carbocycles. The molecule has 49 valence electrons. The van der Waals surface area contributed by atoms with Crippen molar-refractivity contribution in [3.8, 4) is 0 Å². The van der Waals surface area contributed by atoms with Crippen LogP contribution in [0.1, 0.15) is 0 Å². The third-order valence-corrected chi connectivity index (χ3v) is 0. The molecule has 0 aliphatic heterocycles. The molecule has 0 nitrogen and oxygen atoms in total. The van der Waals surface area contributed by atoms with Crippen molar-refractivity contribution in [3.63, 3.8) is 0 Å². The van der Waals surface area contributed by atoms with E-state index in [9.17, 15) is 24.6 Å². The van der Waals surface area contributed by atoms with Gasteiger partial charge < -0.3 is 0 Å². The van der Waals surface area contributed by atoms with Gasteiger partial charge in [0.25, 0.3) is 0 Å². The summed E-state index contributed by atoms with van der Waals surface area (Å²) in [6, 6.07) is 0. The topological polar surface area (TPSA) is 0 Å². The second-order valence-electron chi connectivity index (χ2n) is 1.07. The van der Waals surface area contributed by atoms with Crippen LogP contribution in [-0.4, -0.2) is 77.5 Å². The van der Waals surface area contributed by atoms with Crippen LogP contribution in [-0.2, 0) is 0 Å². The molecule has 9 heavy (non-hydrogen) atoms. The first kappa shape index (κ1) is 18.6. The summed E-state index contributed by atoms with van der Waals surface area (Å²) in [6.07, 6.45) is 0. The fourth-order valence-electron chi connectivity index (χ4n) is 0. The summed E-state index contributed by atoms with van der Waals surface area (Å²) in [7, 11) is -10.8. The molecule has 0 saturated carbocycles. The predicted molar refractivity (Wildman–Crippen MR) is 18.2 cm³/mol. The summed E-state index contributed by atoms with van der Waals surface area (Å²) in [5, 5.41) is 0. The molecule has 0 atom stereocenters. The minimum Gasteiger partial charge on any atom is 0 e. The van der Waals surface area contributed by atoms with Gasteiger partial charge in [0.1, 0.15) is 0 Å². The first-order valence-electron chi connectivity index (χ1n) is 1.13. The molecule has 0 aromatic rings. The Kier molecular flexibility index (Phi) is 8.20. The maximum atomic E-state index is 9.88. The Morgan fingerprint density at radius 2 is 0.667 bits per heavy atom. The van der Waals surface area contributed by atoms with Crippen molar-refractivity contribution in [1.29, 1.82) is 0 Å². The van der Waals surface area contributed by atoms with Gasteiger partial charge in [-0.3, -0.25) is 0 Å². The first-order chi connectivity index (χ1) is 2.45. The Bertz CT molecular complexity index is 69.6. The van der Waals surface area contributed by atoms with Crippen LogP contribution in [0.3, 0.4) is 0 Å². The van der Waals surface area contributed by atoms with Gasteiger partial charge in [0, 0.05) is 68.9 Å². The molecule has 1 radical (unpaired) electrons. The SMILES string of the molecule is F[Si-2](F)(F)(F)(F)F.[Cs+].[Cs]. The third-order valence-electron chi connectivity index (χ3n) is 0. The molecule has 0 aromatic heterocycles. The van der Waals surface area contributed by atoms with E-state index in [-0.39, 0.29) is 138 Å². The Labute approximate surface area is 165 Å². The molecule has 9 heteroatoms. The Morgan fingerprint density at radius 1 is 0.667 bits per heavy atom. The molecule has 0 unspecified atom stereocenters. The van der Waals surface area contributed by atoms with Gasteiger partial charge >= 0.3 is 102 Å². The quantitative estimate of drug-likeness (QED) is 0.268. The molecule has 0 aliphatic rings. The van der Waals surface area contributed by atoms with Gasteiger partial charge in [-0.25, -0.2) is 0 Å². The number of halogens is 6. The average molecular weight is 408 g/mol. The molecule has 0 spiro atoms. The molecule has 0 amide bonds. The maximum absolute atomic E-state index is 10.8. The summed E-state index contributed by atoms with van der Waals surface area (Å²) in [6.45, 7) is 0. The maximum Gasteiger partial charge on any atom is 1.00 e.